The number of carboxylic acid groups (broad SMARTS) is 2. The molecular formula is C58H76N2O14. The molecular weight excluding hydrogens is 949 g/mol. The maximum Gasteiger partial charge on any atom is 0.339 e. The van der Waals surface area contributed by atoms with Gasteiger partial charge in [0.25, 0.3) is 0 Å². The van der Waals surface area contributed by atoms with Crippen molar-refractivity contribution in [1.82, 2.24) is 0 Å². The summed E-state index contributed by atoms with van der Waals surface area (Å²) >= 11 is 0. The summed E-state index contributed by atoms with van der Waals surface area (Å²) in [6, 6.07) is 22.6. The number of esters is 3. The third kappa shape index (κ3) is 24.5. The number of ether oxygens (including phenoxy) is 5. The highest BCUT2D eigenvalue weighted by atomic mass is 16.6. The Morgan fingerprint density at radius 3 is 1.55 bits per heavy atom. The number of hydrogen-bond acceptors (Lipinski definition) is 13. The van der Waals surface area contributed by atoms with Crippen molar-refractivity contribution in [3.63, 3.8) is 0 Å². The molecule has 0 aliphatic rings. The predicted octanol–water partition coefficient (Wildman–Crippen LogP) is 13.6. The summed E-state index contributed by atoms with van der Waals surface area (Å²) in [6.07, 6.45) is 23.0. The van der Waals surface area contributed by atoms with E-state index in [-0.39, 0.29) is 47.3 Å². The number of carbonyl (C=O) groups excluding carboxylic acids is 3. The van der Waals surface area contributed by atoms with E-state index in [0.29, 0.717) is 48.4 Å². The van der Waals surface area contributed by atoms with Crippen molar-refractivity contribution in [2.45, 2.75) is 142 Å². The predicted molar refractivity (Wildman–Crippen MR) is 285 cm³/mol. The van der Waals surface area contributed by atoms with Crippen molar-refractivity contribution in [3.8, 4) is 22.6 Å². The molecule has 16 nitrogen and oxygen atoms in total. The number of hydrogen-bond donors (Lipinski definition) is 3. The van der Waals surface area contributed by atoms with Crippen molar-refractivity contribution in [3.05, 3.63) is 130 Å². The summed E-state index contributed by atoms with van der Waals surface area (Å²) in [4.78, 5) is 69.6. The molecule has 4 aromatic carbocycles. The van der Waals surface area contributed by atoms with Gasteiger partial charge in [-0.15, -0.1) is 0 Å². The molecule has 402 valence electrons. The zero-order chi connectivity index (χ0) is 53.8. The number of carboxylic acids is 2. The fraction of sp³-hybridized carbons (Fsp3) is 0.466. The van der Waals surface area contributed by atoms with E-state index in [1.807, 2.05) is 30.3 Å². The van der Waals surface area contributed by atoms with Crippen LogP contribution in [0.15, 0.2) is 97.6 Å². The first-order chi connectivity index (χ1) is 35.9. The zero-order valence-electron chi connectivity index (χ0n) is 43.1. The van der Waals surface area contributed by atoms with Crippen LogP contribution >= 0.6 is 0 Å². The van der Waals surface area contributed by atoms with Gasteiger partial charge in [0.1, 0.15) is 5.75 Å². The molecule has 4 rings (SSSR count). The van der Waals surface area contributed by atoms with Gasteiger partial charge in [0.2, 0.25) is 0 Å². The molecule has 0 saturated carbocycles. The van der Waals surface area contributed by atoms with Crippen LogP contribution in [0.25, 0.3) is 11.1 Å². The van der Waals surface area contributed by atoms with Crippen molar-refractivity contribution < 1.29 is 62.8 Å². The van der Waals surface area contributed by atoms with E-state index >= 15 is 0 Å². The Kier molecular flexibility index (Phi) is 30.2. The number of carbonyl (C=O) groups is 5. The van der Waals surface area contributed by atoms with Gasteiger partial charge < -0.3 is 39.6 Å². The van der Waals surface area contributed by atoms with Crippen LogP contribution in [-0.2, 0) is 19.0 Å². The number of para-hydroxylation sites is 1. The van der Waals surface area contributed by atoms with Crippen LogP contribution in [0.1, 0.15) is 183 Å². The molecule has 4 aromatic rings. The van der Waals surface area contributed by atoms with Gasteiger partial charge in [-0.3, -0.25) is 10.1 Å². The Hall–Kier alpha value is -7.23. The van der Waals surface area contributed by atoms with Crippen LogP contribution in [0.2, 0.25) is 0 Å². The van der Waals surface area contributed by atoms with Crippen LogP contribution < -0.4 is 15.2 Å². The highest BCUT2D eigenvalue weighted by Crippen LogP contribution is 2.37. The molecule has 4 N–H and O–H groups in total. The third-order valence-electron chi connectivity index (χ3n) is 11.9. The van der Waals surface area contributed by atoms with Crippen molar-refractivity contribution in [1.29, 1.82) is 0 Å². The van der Waals surface area contributed by atoms with Crippen molar-refractivity contribution in [2.24, 2.45) is 0 Å². The molecule has 0 spiro atoms. The van der Waals surface area contributed by atoms with Gasteiger partial charge in [0.05, 0.1) is 60.2 Å². The average Bonchev–Trinajstić information content (AvgIpc) is 3.40. The van der Waals surface area contributed by atoms with Gasteiger partial charge in [-0.1, -0.05) is 147 Å². The number of nitrogens with two attached hydrogens (primary N) is 1. The SMILES string of the molecule is C=CC(=O)OCCCCCCCCCCCOc1ccccc1.CCCCCCCCOc1cc(N)c(-c2ccc(C(=O)OCCCCCCCCOC(=O)c3cc(C(=O)O)ccc3C(=O)O)cc2)cc1[N+](=O)[O-]. The summed E-state index contributed by atoms with van der Waals surface area (Å²) in [5, 5.41) is 30.2. The maximum atomic E-state index is 12.6. The molecule has 0 fully saturated rings. The molecule has 0 heterocycles. The quantitative estimate of drug-likeness (QED) is 0.00723. The highest BCUT2D eigenvalue weighted by Gasteiger charge is 2.22. The Morgan fingerprint density at radius 1 is 0.554 bits per heavy atom. The normalized spacial score (nSPS) is 10.6. The molecule has 0 bridgehead atoms. The summed E-state index contributed by atoms with van der Waals surface area (Å²) in [5.74, 6) is -3.23. The van der Waals surface area contributed by atoms with Crippen molar-refractivity contribution >= 4 is 41.2 Å². The molecule has 0 atom stereocenters. The van der Waals surface area contributed by atoms with E-state index in [1.165, 1.54) is 69.6 Å². The molecule has 0 amide bonds. The van der Waals surface area contributed by atoms with Crippen LogP contribution in [0.5, 0.6) is 11.5 Å². The minimum atomic E-state index is -1.36. The second-order valence-electron chi connectivity index (χ2n) is 17.8. The van der Waals surface area contributed by atoms with E-state index in [1.54, 1.807) is 24.3 Å². The fourth-order valence-electron chi connectivity index (χ4n) is 7.76. The average molecular weight is 1030 g/mol. The lowest BCUT2D eigenvalue weighted by atomic mass is 10.0. The highest BCUT2D eigenvalue weighted by molar-refractivity contribution is 6.04. The van der Waals surface area contributed by atoms with Crippen LogP contribution in [0.3, 0.4) is 0 Å². The Morgan fingerprint density at radius 2 is 1.04 bits per heavy atom. The fourth-order valence-corrected chi connectivity index (χ4v) is 7.76. The Bertz CT molecular complexity index is 2330. The number of nitro benzene ring substituents is 1. The van der Waals surface area contributed by atoms with Crippen LogP contribution in [-0.4, -0.2) is 78.0 Å². The molecule has 0 radical (unpaired) electrons. The number of benzene rings is 4. The number of nitrogen functional groups attached to an aromatic ring is 1. The number of nitrogens with zero attached hydrogens (tertiary/aromatic N) is 1. The smallest absolute Gasteiger partial charge is 0.339 e. The number of anilines is 1. The van der Waals surface area contributed by atoms with E-state index in [0.717, 1.165) is 101 Å². The number of nitro groups is 1. The molecule has 16 heteroatoms. The van der Waals surface area contributed by atoms with Gasteiger partial charge in [-0.05, 0) is 80.1 Å². The van der Waals surface area contributed by atoms with Gasteiger partial charge in [0.15, 0.2) is 5.75 Å². The van der Waals surface area contributed by atoms with Crippen molar-refractivity contribution in [2.75, 3.05) is 38.8 Å². The lowest BCUT2D eigenvalue weighted by Gasteiger charge is -2.12. The third-order valence-corrected chi connectivity index (χ3v) is 11.9. The molecule has 74 heavy (non-hydrogen) atoms. The second kappa shape index (κ2) is 36.6. The maximum absolute atomic E-state index is 12.6. The first kappa shape index (κ1) is 61.1. The standard InChI is InChI=1S/C38H46N2O11.C20H30O3/c1-2-3-4-5-8-11-20-49-34-25-32(39)30(24-33(34)40(47)48)26-14-16-27(17-15-26)37(45)50-21-12-9-6-7-10-13-22-51-38(46)31-23-28(35(41)42)18-19-29(31)36(43)44;1-2-20(21)23-18-14-9-7-5-3-4-6-8-13-17-22-19-15-11-10-12-16-19/h14-19,23-25H,2-13,20-22,39H2,1H3,(H,41,42)(H,43,44);2,10-12,15-16H,1,3-9,13-14,17-18H2. The van der Waals surface area contributed by atoms with Gasteiger partial charge >= 0.3 is 35.5 Å². The first-order valence-corrected chi connectivity index (χ1v) is 26.1. The molecule has 0 aromatic heterocycles. The number of aromatic carboxylic acids is 2. The van der Waals surface area contributed by atoms with E-state index < -0.39 is 28.8 Å². The largest absolute Gasteiger partial charge is 0.494 e. The summed E-state index contributed by atoms with van der Waals surface area (Å²) in [5.41, 5.74) is 6.98. The lowest BCUT2D eigenvalue weighted by Crippen LogP contribution is -2.14. The molecule has 0 saturated heterocycles. The van der Waals surface area contributed by atoms with E-state index in [2.05, 4.69) is 13.5 Å². The Labute approximate surface area is 435 Å². The summed E-state index contributed by atoms with van der Waals surface area (Å²) in [7, 11) is 0. The molecule has 0 unspecified atom stereocenters. The second-order valence-corrected chi connectivity index (χ2v) is 17.8. The summed E-state index contributed by atoms with van der Waals surface area (Å²) < 4.78 is 26.9. The van der Waals surface area contributed by atoms with Gasteiger partial charge in [-0.25, -0.2) is 24.0 Å². The zero-order valence-corrected chi connectivity index (χ0v) is 43.1. The first-order valence-electron chi connectivity index (χ1n) is 26.1. The van der Waals surface area contributed by atoms with Gasteiger partial charge in [-0.2, -0.15) is 0 Å². The minimum Gasteiger partial charge on any atom is -0.494 e. The van der Waals surface area contributed by atoms with Crippen LogP contribution in [0.4, 0.5) is 11.4 Å². The number of unbranched alkanes of at least 4 members (excludes halogenated alkanes) is 18. The molecule has 0 aliphatic heterocycles. The summed E-state index contributed by atoms with van der Waals surface area (Å²) in [6.45, 7) is 7.53. The Balaban J connectivity index is 0.000000524. The lowest BCUT2D eigenvalue weighted by molar-refractivity contribution is -0.385. The van der Waals surface area contributed by atoms with Crippen LogP contribution in [0, 0.1) is 10.1 Å². The number of rotatable bonds is 37. The van der Waals surface area contributed by atoms with Gasteiger partial charge in [0, 0.05) is 29.5 Å². The monoisotopic (exact) mass is 1020 g/mol. The van der Waals surface area contributed by atoms with E-state index in [9.17, 15) is 39.2 Å². The minimum absolute atomic E-state index is 0.0636. The topological polar surface area (TPSA) is 241 Å². The van der Waals surface area contributed by atoms with E-state index in [4.69, 9.17) is 34.5 Å². The molecule has 0 aliphatic carbocycles.